The van der Waals surface area contributed by atoms with Crippen LogP contribution in [0.2, 0.25) is 0 Å². The lowest BCUT2D eigenvalue weighted by Gasteiger charge is -2.06. The number of hydrogen-bond acceptors (Lipinski definition) is 5. The zero-order chi connectivity index (χ0) is 11.8. The number of aromatic nitrogens is 4. The van der Waals surface area contributed by atoms with Crippen LogP contribution in [0.1, 0.15) is 24.5 Å². The van der Waals surface area contributed by atoms with Crippen LogP contribution >= 0.6 is 15.9 Å². The smallest absolute Gasteiger partial charge is 0.200 e. The minimum Gasteiger partial charge on any atom is -0.383 e. The van der Waals surface area contributed by atoms with Gasteiger partial charge in [0.05, 0.1) is 10.2 Å². The molecule has 1 aliphatic rings. The van der Waals surface area contributed by atoms with Crippen LogP contribution in [0.5, 0.6) is 0 Å². The van der Waals surface area contributed by atoms with Crippen LogP contribution in [-0.4, -0.2) is 19.9 Å². The van der Waals surface area contributed by atoms with Crippen LogP contribution in [-0.2, 0) is 0 Å². The van der Waals surface area contributed by atoms with Crippen molar-refractivity contribution in [1.29, 1.82) is 0 Å². The van der Waals surface area contributed by atoms with Gasteiger partial charge in [-0.3, -0.25) is 0 Å². The molecule has 3 rings (SSSR count). The first kappa shape index (κ1) is 10.6. The van der Waals surface area contributed by atoms with Crippen LogP contribution in [0.3, 0.4) is 0 Å². The maximum atomic E-state index is 5.87. The normalized spacial score (nSPS) is 14.9. The SMILES string of the molecule is Nc1nc(-c2ncccn2)nc(C2CC2)c1Br. The van der Waals surface area contributed by atoms with Gasteiger partial charge >= 0.3 is 0 Å². The maximum absolute atomic E-state index is 5.87. The summed E-state index contributed by atoms with van der Waals surface area (Å²) in [6, 6.07) is 1.76. The summed E-state index contributed by atoms with van der Waals surface area (Å²) in [6.45, 7) is 0. The van der Waals surface area contributed by atoms with Gasteiger partial charge in [0.25, 0.3) is 0 Å². The van der Waals surface area contributed by atoms with Crippen molar-refractivity contribution < 1.29 is 0 Å². The van der Waals surface area contributed by atoms with Crippen LogP contribution < -0.4 is 5.73 Å². The molecule has 2 N–H and O–H groups in total. The zero-order valence-corrected chi connectivity index (χ0v) is 10.6. The Morgan fingerprint density at radius 2 is 1.82 bits per heavy atom. The first-order valence-corrected chi connectivity index (χ1v) is 6.15. The highest BCUT2D eigenvalue weighted by Crippen LogP contribution is 2.43. The van der Waals surface area contributed by atoms with Crippen molar-refractivity contribution in [3.05, 3.63) is 28.6 Å². The van der Waals surface area contributed by atoms with E-state index in [9.17, 15) is 0 Å². The van der Waals surface area contributed by atoms with Crippen molar-refractivity contribution in [2.75, 3.05) is 5.73 Å². The second kappa shape index (κ2) is 4.03. The molecule has 0 saturated heterocycles. The number of nitrogen functional groups attached to an aromatic ring is 1. The van der Waals surface area contributed by atoms with E-state index in [0.717, 1.165) is 23.0 Å². The predicted molar refractivity (Wildman–Crippen MR) is 67.1 cm³/mol. The minimum absolute atomic E-state index is 0.448. The molecule has 5 nitrogen and oxygen atoms in total. The van der Waals surface area contributed by atoms with Gasteiger partial charge in [0, 0.05) is 18.3 Å². The van der Waals surface area contributed by atoms with E-state index in [2.05, 4.69) is 35.9 Å². The van der Waals surface area contributed by atoms with Gasteiger partial charge in [0.2, 0.25) is 0 Å². The fourth-order valence-corrected chi connectivity index (χ4v) is 2.13. The van der Waals surface area contributed by atoms with Crippen molar-refractivity contribution >= 4 is 21.7 Å². The standard InChI is InChI=1S/C11H10BrN5/c12-7-8(6-2-3-6)16-11(17-9(7)13)10-14-4-1-5-15-10/h1,4-6H,2-3H2,(H2,13,16,17). The summed E-state index contributed by atoms with van der Waals surface area (Å²) >= 11 is 3.44. The number of nitrogens with two attached hydrogens (primary N) is 1. The average Bonchev–Trinajstić information content (AvgIpc) is 3.18. The molecule has 0 unspecified atom stereocenters. The van der Waals surface area contributed by atoms with Gasteiger partial charge < -0.3 is 5.73 Å². The molecule has 0 radical (unpaired) electrons. The number of rotatable bonds is 2. The molecule has 0 aromatic carbocycles. The molecule has 17 heavy (non-hydrogen) atoms. The lowest BCUT2D eigenvalue weighted by molar-refractivity contribution is 0.967. The molecule has 1 fully saturated rings. The predicted octanol–water partition coefficient (Wildman–Crippen LogP) is 2.16. The van der Waals surface area contributed by atoms with Crippen LogP contribution in [0, 0.1) is 0 Å². The summed E-state index contributed by atoms with van der Waals surface area (Å²) in [6.07, 6.45) is 5.65. The van der Waals surface area contributed by atoms with Gasteiger partial charge in [0.15, 0.2) is 11.6 Å². The number of nitrogens with zero attached hydrogens (tertiary/aromatic N) is 4. The van der Waals surface area contributed by atoms with E-state index in [1.54, 1.807) is 18.5 Å². The molecule has 0 bridgehead atoms. The van der Waals surface area contributed by atoms with Crippen molar-refractivity contribution in [3.63, 3.8) is 0 Å². The number of anilines is 1. The average molecular weight is 292 g/mol. The molecule has 2 aromatic rings. The Kier molecular flexibility index (Phi) is 2.51. The maximum Gasteiger partial charge on any atom is 0.200 e. The first-order chi connectivity index (χ1) is 8.25. The molecule has 0 aliphatic heterocycles. The van der Waals surface area contributed by atoms with Crippen LogP contribution in [0.4, 0.5) is 5.82 Å². The van der Waals surface area contributed by atoms with Gasteiger partial charge in [-0.1, -0.05) is 0 Å². The van der Waals surface area contributed by atoms with Crippen molar-refractivity contribution in [2.24, 2.45) is 0 Å². The van der Waals surface area contributed by atoms with Gasteiger partial charge in [0.1, 0.15) is 5.82 Å². The third-order valence-corrected chi connectivity index (χ3v) is 3.44. The summed E-state index contributed by atoms with van der Waals surface area (Å²) in [5, 5.41) is 0. The highest BCUT2D eigenvalue weighted by Gasteiger charge is 2.29. The Bertz CT molecular complexity index is 553. The topological polar surface area (TPSA) is 77.6 Å². The molecule has 0 amide bonds. The van der Waals surface area contributed by atoms with Crippen molar-refractivity contribution in [3.8, 4) is 11.6 Å². The first-order valence-electron chi connectivity index (χ1n) is 5.36. The third-order valence-electron chi connectivity index (χ3n) is 2.63. The summed E-state index contributed by atoms with van der Waals surface area (Å²) in [4.78, 5) is 17.0. The second-order valence-electron chi connectivity index (χ2n) is 3.98. The van der Waals surface area contributed by atoms with Crippen molar-refractivity contribution in [2.45, 2.75) is 18.8 Å². The van der Waals surface area contributed by atoms with Crippen LogP contribution in [0.25, 0.3) is 11.6 Å². The van der Waals surface area contributed by atoms with E-state index in [4.69, 9.17) is 5.73 Å². The Morgan fingerprint density at radius 3 is 2.47 bits per heavy atom. The molecule has 1 saturated carbocycles. The van der Waals surface area contributed by atoms with Gasteiger partial charge in [-0.2, -0.15) is 0 Å². The fourth-order valence-electron chi connectivity index (χ4n) is 1.62. The summed E-state index contributed by atoms with van der Waals surface area (Å²) in [7, 11) is 0. The molecule has 2 aromatic heterocycles. The lowest BCUT2D eigenvalue weighted by atomic mass is 10.2. The molecule has 0 atom stereocenters. The lowest BCUT2D eigenvalue weighted by Crippen LogP contribution is -2.03. The van der Waals surface area contributed by atoms with Crippen molar-refractivity contribution in [1.82, 2.24) is 19.9 Å². The minimum atomic E-state index is 0.448. The highest BCUT2D eigenvalue weighted by molar-refractivity contribution is 9.10. The molecule has 0 spiro atoms. The van der Waals surface area contributed by atoms with Crippen LogP contribution in [0.15, 0.2) is 22.9 Å². The van der Waals surface area contributed by atoms with E-state index >= 15 is 0 Å². The Labute approximate surface area is 107 Å². The third kappa shape index (κ3) is 2.00. The van der Waals surface area contributed by atoms with Gasteiger partial charge in [-0.25, -0.2) is 19.9 Å². The molecule has 6 heteroatoms. The Balaban J connectivity index is 2.12. The largest absolute Gasteiger partial charge is 0.383 e. The summed E-state index contributed by atoms with van der Waals surface area (Å²) in [5.41, 5.74) is 6.84. The fraction of sp³-hybridized carbons (Fsp3) is 0.273. The second-order valence-corrected chi connectivity index (χ2v) is 4.77. The number of hydrogen-bond donors (Lipinski definition) is 1. The Morgan fingerprint density at radius 1 is 1.12 bits per heavy atom. The van der Waals surface area contributed by atoms with E-state index in [-0.39, 0.29) is 0 Å². The zero-order valence-electron chi connectivity index (χ0n) is 8.97. The van der Waals surface area contributed by atoms with E-state index in [1.807, 2.05) is 0 Å². The van der Waals surface area contributed by atoms with E-state index in [0.29, 0.717) is 23.4 Å². The van der Waals surface area contributed by atoms with Gasteiger partial charge in [-0.05, 0) is 34.8 Å². The molecule has 1 aliphatic carbocycles. The Hall–Kier alpha value is -1.56. The molecule has 2 heterocycles. The molecule has 86 valence electrons. The molecular weight excluding hydrogens is 282 g/mol. The monoisotopic (exact) mass is 291 g/mol. The van der Waals surface area contributed by atoms with E-state index < -0.39 is 0 Å². The highest BCUT2D eigenvalue weighted by atomic mass is 79.9. The quantitative estimate of drug-likeness (QED) is 0.917. The van der Waals surface area contributed by atoms with E-state index in [1.165, 1.54) is 0 Å². The summed E-state index contributed by atoms with van der Waals surface area (Å²) in [5.74, 6) is 1.95. The molecular formula is C11H10BrN5. The van der Waals surface area contributed by atoms with Gasteiger partial charge in [-0.15, -0.1) is 0 Å². The summed E-state index contributed by atoms with van der Waals surface area (Å²) < 4.78 is 0.805. The number of halogens is 1.